The van der Waals surface area contributed by atoms with Crippen molar-refractivity contribution in [2.24, 2.45) is 0 Å². The van der Waals surface area contributed by atoms with Crippen LogP contribution in [0.1, 0.15) is 12.4 Å². The van der Waals surface area contributed by atoms with E-state index in [0.29, 0.717) is 5.56 Å². The second-order valence-corrected chi connectivity index (χ2v) is 11.7. The zero-order valence-corrected chi connectivity index (χ0v) is 21.4. The van der Waals surface area contributed by atoms with Crippen LogP contribution in [0.4, 0.5) is 5.82 Å². The Balaban J connectivity index is 0.00000480. The maximum atomic E-state index is 12.0. The normalized spacial score (nSPS) is 27.8. The van der Waals surface area contributed by atoms with Crippen LogP contribution in [-0.2, 0) is 26.8 Å². The number of aliphatic hydroxyl groups excluding tert-OH is 2. The van der Waals surface area contributed by atoms with Gasteiger partial charge < -0.3 is 36.9 Å². The Bertz CT molecular complexity index is 1010. The molecule has 1 saturated heterocycles. The molecule has 0 radical (unpaired) electrons. The number of aliphatic hydroxyl groups is 2. The van der Waals surface area contributed by atoms with E-state index in [0.717, 1.165) is 16.3 Å². The maximum Gasteiger partial charge on any atom is 1.00 e. The average molecular weight is 537 g/mol. The van der Waals surface area contributed by atoms with Crippen molar-refractivity contribution < 1.29 is 87.6 Å². The number of hydrogen-bond donors (Lipinski definition) is 7. The molecule has 2 unspecified atom stereocenters. The van der Waals surface area contributed by atoms with Crippen molar-refractivity contribution in [3.8, 4) is 0 Å². The summed E-state index contributed by atoms with van der Waals surface area (Å²) in [4.78, 5) is 51.1. The molecular formula is C10H19N3NaO13P3S. The van der Waals surface area contributed by atoms with Gasteiger partial charge in [0.2, 0.25) is 0 Å². The molecular weight excluding hydrogens is 518 g/mol. The Morgan fingerprint density at radius 1 is 1.16 bits per heavy atom. The number of aryl methyl sites for hydroxylation is 1. The van der Waals surface area contributed by atoms with E-state index in [-0.39, 0.29) is 36.8 Å². The first-order valence-corrected chi connectivity index (χ1v) is 13.1. The molecule has 2 heterocycles. The number of anilines is 1. The van der Waals surface area contributed by atoms with E-state index in [1.807, 2.05) is 0 Å². The predicted molar refractivity (Wildman–Crippen MR) is 101 cm³/mol. The quantitative estimate of drug-likeness (QED) is 0.123. The van der Waals surface area contributed by atoms with Crippen molar-refractivity contribution in [3.05, 3.63) is 22.2 Å². The second kappa shape index (κ2) is 10.7. The molecule has 1 aliphatic heterocycles. The summed E-state index contributed by atoms with van der Waals surface area (Å²) in [5.74, 6) is -0.0292. The van der Waals surface area contributed by atoms with Gasteiger partial charge >= 0.3 is 58.7 Å². The van der Waals surface area contributed by atoms with Crippen LogP contribution in [-0.4, -0.2) is 63.4 Å². The molecule has 1 aliphatic rings. The summed E-state index contributed by atoms with van der Waals surface area (Å²) >= 11 is 0.759. The fourth-order valence-corrected chi connectivity index (χ4v) is 6.90. The molecule has 1 aromatic rings. The second-order valence-electron chi connectivity index (χ2n) is 5.93. The van der Waals surface area contributed by atoms with Crippen molar-refractivity contribution >= 4 is 41.0 Å². The van der Waals surface area contributed by atoms with Gasteiger partial charge in [0.15, 0.2) is 0 Å². The molecule has 1 fully saturated rings. The van der Waals surface area contributed by atoms with Crippen molar-refractivity contribution in [1.82, 2.24) is 9.55 Å². The van der Waals surface area contributed by atoms with E-state index < -0.39 is 58.6 Å². The number of rotatable bonds is 8. The van der Waals surface area contributed by atoms with Gasteiger partial charge in [-0.2, -0.15) is 13.6 Å². The molecule has 0 amide bonds. The number of nitrogens with zero attached hydrogens (tertiary/aromatic N) is 2. The molecule has 0 aromatic carbocycles. The van der Waals surface area contributed by atoms with E-state index in [1.54, 1.807) is 6.92 Å². The zero-order valence-electron chi connectivity index (χ0n) is 16.9. The van der Waals surface area contributed by atoms with Crippen LogP contribution in [0.5, 0.6) is 0 Å². The Labute approximate surface area is 202 Å². The van der Waals surface area contributed by atoms with E-state index in [2.05, 4.69) is 18.1 Å². The molecule has 21 heteroatoms. The molecule has 2 rings (SSSR count). The van der Waals surface area contributed by atoms with Crippen molar-refractivity contribution in [2.45, 2.75) is 29.8 Å². The van der Waals surface area contributed by atoms with Crippen LogP contribution >= 0.6 is 35.2 Å². The Kier molecular flexibility index (Phi) is 10.2. The summed E-state index contributed by atoms with van der Waals surface area (Å²) in [5.41, 5.74) is 5.11. The van der Waals surface area contributed by atoms with E-state index in [4.69, 9.17) is 20.4 Å². The van der Waals surface area contributed by atoms with E-state index in [1.165, 1.54) is 6.20 Å². The van der Waals surface area contributed by atoms with Crippen molar-refractivity contribution in [2.75, 3.05) is 12.3 Å². The number of phosphoric acid groups is 3. The van der Waals surface area contributed by atoms with Crippen molar-refractivity contribution in [1.29, 1.82) is 0 Å². The average Bonchev–Trinajstić information content (AvgIpc) is 2.81. The summed E-state index contributed by atoms with van der Waals surface area (Å²) in [6.45, 7) is 0.715. The van der Waals surface area contributed by atoms with Gasteiger partial charge in [0.1, 0.15) is 17.3 Å². The summed E-state index contributed by atoms with van der Waals surface area (Å²) in [5, 5.41) is 18.1. The summed E-state index contributed by atoms with van der Waals surface area (Å²) in [7, 11) is -16.6. The van der Waals surface area contributed by atoms with Crippen LogP contribution in [0.2, 0.25) is 0 Å². The van der Waals surface area contributed by atoms with Gasteiger partial charge in [-0.15, -0.1) is 11.8 Å². The number of nitrogens with two attached hydrogens (primary N) is 1. The largest absolute Gasteiger partial charge is 1.00 e. The minimum absolute atomic E-state index is 0. The summed E-state index contributed by atoms with van der Waals surface area (Å²) in [6, 6.07) is 0. The number of thioether (sulfide) groups is 1. The number of nitrogen functional groups attached to an aromatic ring is 1. The molecule has 6 atom stereocenters. The molecule has 0 saturated carbocycles. The van der Waals surface area contributed by atoms with Crippen LogP contribution in [0, 0.1) is 6.92 Å². The third-order valence-electron chi connectivity index (χ3n) is 3.60. The van der Waals surface area contributed by atoms with Crippen LogP contribution in [0.3, 0.4) is 0 Å². The fourth-order valence-electron chi connectivity index (χ4n) is 2.33. The topological polar surface area (TPSA) is 261 Å². The third kappa shape index (κ3) is 8.26. The monoisotopic (exact) mass is 537 g/mol. The van der Waals surface area contributed by atoms with Gasteiger partial charge in [0.05, 0.1) is 18.0 Å². The molecule has 31 heavy (non-hydrogen) atoms. The SMILES string of the molecule is Cc1cn([C@@H]2S[C@H](COP(=O)(O)OP(=O)(O)OP(=O)(O)O)[C@@H](O)[C@H]2O)c(=O)nc1N.[H-].[Na+]. The van der Waals surface area contributed by atoms with Gasteiger partial charge in [-0.05, 0) is 6.92 Å². The smallest absolute Gasteiger partial charge is 1.00 e. The molecule has 8 N–H and O–H groups in total. The zero-order chi connectivity index (χ0) is 23.1. The van der Waals surface area contributed by atoms with Crippen LogP contribution in [0.25, 0.3) is 0 Å². The van der Waals surface area contributed by atoms with Gasteiger partial charge in [0.25, 0.3) is 0 Å². The Hall–Kier alpha value is 0.360. The maximum absolute atomic E-state index is 12.0. The minimum Gasteiger partial charge on any atom is -1.00 e. The molecule has 1 aromatic heterocycles. The van der Waals surface area contributed by atoms with Gasteiger partial charge in [0, 0.05) is 11.8 Å². The molecule has 0 bridgehead atoms. The first-order valence-electron chi connectivity index (χ1n) is 7.66. The third-order valence-corrected chi connectivity index (χ3v) is 8.95. The molecule has 0 spiro atoms. The molecule has 0 aliphatic carbocycles. The summed E-state index contributed by atoms with van der Waals surface area (Å²) < 4.78 is 46.2. The molecule has 174 valence electrons. The predicted octanol–water partition coefficient (Wildman–Crippen LogP) is -4.07. The first-order chi connectivity index (χ1) is 13.5. The van der Waals surface area contributed by atoms with Gasteiger partial charge in [-0.1, -0.05) is 0 Å². The van der Waals surface area contributed by atoms with Gasteiger partial charge in [-0.25, -0.2) is 18.5 Å². The fraction of sp³-hybridized carbons (Fsp3) is 0.600. The molecule has 16 nitrogen and oxygen atoms in total. The number of phosphoric ester groups is 1. The summed E-state index contributed by atoms with van der Waals surface area (Å²) in [6.07, 6.45) is -1.81. The standard InChI is InChI=1S/C10H18N3O13P3S.Na.H/c1-4-2-13(10(16)12-8(4)11)9-7(15)6(14)5(30-9)3-24-28(20,21)26-29(22,23)25-27(17,18)19;;/h2,5-7,9,14-15H,3H2,1H3,(H,20,21)(H,22,23)(H2,11,12,16)(H2,17,18,19);;/q;+1;-1/t5-,6-,7-,9-;;/m1../s1. The van der Waals surface area contributed by atoms with E-state index in [9.17, 15) is 33.6 Å². The Morgan fingerprint density at radius 2 is 1.74 bits per heavy atom. The van der Waals surface area contributed by atoms with Crippen molar-refractivity contribution in [3.63, 3.8) is 0 Å². The number of aromatic nitrogens is 2. The number of hydrogen-bond acceptors (Lipinski definition) is 12. The van der Waals surface area contributed by atoms with Crippen LogP contribution < -0.4 is 41.0 Å². The first kappa shape index (κ1) is 29.4. The Morgan fingerprint density at radius 3 is 2.29 bits per heavy atom. The minimum atomic E-state index is -5.69. The van der Waals surface area contributed by atoms with Crippen LogP contribution in [0.15, 0.2) is 11.0 Å². The van der Waals surface area contributed by atoms with E-state index >= 15 is 0 Å². The van der Waals surface area contributed by atoms with Gasteiger partial charge in [-0.3, -0.25) is 9.09 Å².